The molecular weight excluding hydrogens is 282 g/mol. The van der Waals surface area contributed by atoms with Crippen molar-refractivity contribution in [2.24, 2.45) is 0 Å². The zero-order valence-electron chi connectivity index (χ0n) is 12.1. The third-order valence-corrected chi connectivity index (χ3v) is 4.29. The zero-order valence-corrected chi connectivity index (χ0v) is 12.9. The number of hydrogen-bond donors (Lipinski definition) is 2. The van der Waals surface area contributed by atoms with Crippen LogP contribution in [-0.4, -0.2) is 63.0 Å². The average Bonchev–Trinajstić information content (AvgIpc) is 2.66. The van der Waals surface area contributed by atoms with E-state index in [0.29, 0.717) is 13.2 Å². The molecule has 8 heteroatoms. The van der Waals surface area contributed by atoms with Gasteiger partial charge in [-0.2, -0.15) is 0 Å². The molecule has 0 aromatic rings. The SMILES string of the molecule is CC(C)NC(=O)N1C[C@@H](NS(C)(=O)=O)[C@H]2OCCC[C@H]21. The third-order valence-electron chi connectivity index (χ3n) is 3.56. The molecule has 2 saturated heterocycles. The quantitative estimate of drug-likeness (QED) is 0.761. The minimum atomic E-state index is -3.32. The maximum absolute atomic E-state index is 12.2. The Morgan fingerprint density at radius 3 is 2.70 bits per heavy atom. The van der Waals surface area contributed by atoms with Gasteiger partial charge in [-0.25, -0.2) is 17.9 Å². The highest BCUT2D eigenvalue weighted by atomic mass is 32.2. The molecule has 7 nitrogen and oxygen atoms in total. The lowest BCUT2D eigenvalue weighted by Gasteiger charge is -2.32. The van der Waals surface area contributed by atoms with Crippen molar-refractivity contribution in [2.45, 2.75) is 50.9 Å². The van der Waals surface area contributed by atoms with Gasteiger partial charge in [-0.3, -0.25) is 0 Å². The second-order valence-corrected chi connectivity index (χ2v) is 7.58. The largest absolute Gasteiger partial charge is 0.374 e. The number of likely N-dealkylation sites (tertiary alicyclic amines) is 1. The van der Waals surface area contributed by atoms with E-state index in [0.717, 1.165) is 19.1 Å². The lowest BCUT2D eigenvalue weighted by Crippen LogP contribution is -2.49. The van der Waals surface area contributed by atoms with E-state index in [-0.39, 0.29) is 30.3 Å². The number of fused-ring (bicyclic) bond motifs is 1. The van der Waals surface area contributed by atoms with Gasteiger partial charge in [0.25, 0.3) is 0 Å². The molecule has 2 aliphatic rings. The van der Waals surface area contributed by atoms with Gasteiger partial charge in [0, 0.05) is 19.2 Å². The highest BCUT2D eigenvalue weighted by Gasteiger charge is 2.46. The predicted octanol–water partition coefficient (Wildman–Crippen LogP) is -0.115. The van der Waals surface area contributed by atoms with Crippen LogP contribution in [-0.2, 0) is 14.8 Å². The first-order valence-electron chi connectivity index (χ1n) is 6.94. The molecule has 2 fully saturated rings. The van der Waals surface area contributed by atoms with Gasteiger partial charge < -0.3 is 15.0 Å². The number of ether oxygens (including phenoxy) is 1. The van der Waals surface area contributed by atoms with Crippen molar-refractivity contribution >= 4 is 16.1 Å². The van der Waals surface area contributed by atoms with Crippen LogP contribution in [0.25, 0.3) is 0 Å². The van der Waals surface area contributed by atoms with Crippen LogP contribution in [0.2, 0.25) is 0 Å². The molecule has 2 rings (SSSR count). The Balaban J connectivity index is 2.12. The smallest absolute Gasteiger partial charge is 0.317 e. The van der Waals surface area contributed by atoms with Crippen LogP contribution < -0.4 is 10.0 Å². The van der Waals surface area contributed by atoms with Gasteiger partial charge in [0.2, 0.25) is 10.0 Å². The zero-order chi connectivity index (χ0) is 14.9. The van der Waals surface area contributed by atoms with Gasteiger partial charge in [0.1, 0.15) is 0 Å². The van der Waals surface area contributed by atoms with E-state index in [1.54, 1.807) is 4.90 Å². The molecule has 20 heavy (non-hydrogen) atoms. The second kappa shape index (κ2) is 5.87. The van der Waals surface area contributed by atoms with E-state index in [1.165, 1.54) is 0 Å². The van der Waals surface area contributed by atoms with Gasteiger partial charge in [-0.1, -0.05) is 0 Å². The number of amides is 2. The standard InChI is InChI=1S/C12H23N3O4S/c1-8(2)13-12(16)15-7-9(14-20(3,17)18)11-10(15)5-4-6-19-11/h8-11,14H,4-7H2,1-3H3,(H,13,16)/t9-,10-,11-/m1/s1. The lowest BCUT2D eigenvalue weighted by atomic mass is 10.0. The van der Waals surface area contributed by atoms with Crippen molar-refractivity contribution in [3.05, 3.63) is 0 Å². The topological polar surface area (TPSA) is 87.7 Å². The summed E-state index contributed by atoms with van der Waals surface area (Å²) in [5, 5.41) is 2.86. The number of hydrogen-bond acceptors (Lipinski definition) is 4. The molecule has 3 atom stereocenters. The Morgan fingerprint density at radius 1 is 1.40 bits per heavy atom. The van der Waals surface area contributed by atoms with E-state index in [4.69, 9.17) is 4.74 Å². The molecule has 2 aliphatic heterocycles. The van der Waals surface area contributed by atoms with Crippen LogP contribution in [0.5, 0.6) is 0 Å². The summed E-state index contributed by atoms with van der Waals surface area (Å²) in [6.07, 6.45) is 2.61. The van der Waals surface area contributed by atoms with Gasteiger partial charge in [0.15, 0.2) is 0 Å². The van der Waals surface area contributed by atoms with E-state index in [9.17, 15) is 13.2 Å². The predicted molar refractivity (Wildman–Crippen MR) is 74.9 cm³/mol. The number of carbonyl (C=O) groups excluding carboxylic acids is 1. The summed E-state index contributed by atoms with van der Waals surface area (Å²) in [6.45, 7) is 4.76. The molecule has 0 unspecified atom stereocenters. The number of urea groups is 1. The minimum Gasteiger partial charge on any atom is -0.374 e. The summed E-state index contributed by atoms with van der Waals surface area (Å²) < 4.78 is 31.1. The number of carbonyl (C=O) groups is 1. The summed E-state index contributed by atoms with van der Waals surface area (Å²) in [5.74, 6) is 0. The van der Waals surface area contributed by atoms with E-state index in [1.807, 2.05) is 13.8 Å². The molecule has 0 radical (unpaired) electrons. The Bertz CT molecular complexity index is 465. The van der Waals surface area contributed by atoms with Crippen LogP contribution in [0.4, 0.5) is 4.79 Å². The highest BCUT2D eigenvalue weighted by Crippen LogP contribution is 2.29. The number of nitrogens with one attached hydrogen (secondary N) is 2. The van der Waals surface area contributed by atoms with Crippen LogP contribution >= 0.6 is 0 Å². The summed E-state index contributed by atoms with van der Waals surface area (Å²) in [5.41, 5.74) is 0. The van der Waals surface area contributed by atoms with Crippen LogP contribution in [0.3, 0.4) is 0 Å². The van der Waals surface area contributed by atoms with Crippen LogP contribution in [0.1, 0.15) is 26.7 Å². The summed E-state index contributed by atoms with van der Waals surface area (Å²) in [6, 6.07) is -0.527. The molecule has 0 bridgehead atoms. The Hall–Kier alpha value is -0.860. The second-order valence-electron chi connectivity index (χ2n) is 5.80. The molecule has 0 spiro atoms. The van der Waals surface area contributed by atoms with Crippen molar-refractivity contribution in [3.8, 4) is 0 Å². The Morgan fingerprint density at radius 2 is 2.10 bits per heavy atom. The first-order chi connectivity index (χ1) is 9.28. The van der Waals surface area contributed by atoms with Gasteiger partial charge >= 0.3 is 6.03 Å². The summed E-state index contributed by atoms with van der Waals surface area (Å²) in [4.78, 5) is 13.9. The van der Waals surface area contributed by atoms with Crippen molar-refractivity contribution < 1.29 is 17.9 Å². The average molecular weight is 305 g/mol. The molecule has 2 heterocycles. The van der Waals surface area contributed by atoms with E-state index >= 15 is 0 Å². The molecule has 2 N–H and O–H groups in total. The fourth-order valence-electron chi connectivity index (χ4n) is 2.90. The normalized spacial score (nSPS) is 30.4. The number of nitrogens with zero attached hydrogens (tertiary/aromatic N) is 1. The van der Waals surface area contributed by atoms with E-state index in [2.05, 4.69) is 10.0 Å². The van der Waals surface area contributed by atoms with Crippen molar-refractivity contribution in [2.75, 3.05) is 19.4 Å². The lowest BCUT2D eigenvalue weighted by molar-refractivity contribution is -0.0125. The molecule has 2 amide bonds. The Labute approximate surface area is 120 Å². The van der Waals surface area contributed by atoms with Crippen molar-refractivity contribution in [1.29, 1.82) is 0 Å². The summed E-state index contributed by atoms with van der Waals surface area (Å²) in [7, 11) is -3.32. The Kier molecular flexibility index (Phi) is 4.55. The molecule has 116 valence electrons. The fourth-order valence-corrected chi connectivity index (χ4v) is 3.66. The summed E-state index contributed by atoms with van der Waals surface area (Å²) >= 11 is 0. The molecule has 0 saturated carbocycles. The van der Waals surface area contributed by atoms with Crippen LogP contribution in [0.15, 0.2) is 0 Å². The number of sulfonamides is 1. The van der Waals surface area contributed by atoms with E-state index < -0.39 is 10.0 Å². The van der Waals surface area contributed by atoms with Crippen molar-refractivity contribution in [3.63, 3.8) is 0 Å². The molecular formula is C12H23N3O4S. The van der Waals surface area contributed by atoms with Gasteiger partial charge in [-0.15, -0.1) is 0 Å². The first kappa shape index (κ1) is 15.5. The molecule has 0 aliphatic carbocycles. The molecule has 0 aromatic carbocycles. The highest BCUT2D eigenvalue weighted by molar-refractivity contribution is 7.88. The number of rotatable bonds is 3. The van der Waals surface area contributed by atoms with Crippen LogP contribution in [0, 0.1) is 0 Å². The maximum Gasteiger partial charge on any atom is 0.317 e. The van der Waals surface area contributed by atoms with Crippen molar-refractivity contribution in [1.82, 2.24) is 14.9 Å². The third kappa shape index (κ3) is 3.62. The maximum atomic E-state index is 12.2. The molecule has 0 aromatic heterocycles. The minimum absolute atomic E-state index is 0.0485. The fraction of sp³-hybridized carbons (Fsp3) is 0.917. The van der Waals surface area contributed by atoms with Gasteiger partial charge in [0.05, 0.1) is 24.4 Å². The monoisotopic (exact) mass is 305 g/mol. The first-order valence-corrected chi connectivity index (χ1v) is 8.83. The van der Waals surface area contributed by atoms with Gasteiger partial charge in [-0.05, 0) is 26.7 Å².